The van der Waals surface area contributed by atoms with Crippen LogP contribution in [0.3, 0.4) is 0 Å². The number of aromatic nitrogens is 1. The third-order valence-electron chi connectivity index (χ3n) is 3.90. The molecule has 0 radical (unpaired) electrons. The molecule has 0 fully saturated rings. The predicted octanol–water partition coefficient (Wildman–Crippen LogP) is 4.07. The second-order valence-corrected chi connectivity index (χ2v) is 6.79. The van der Waals surface area contributed by atoms with E-state index in [-0.39, 0.29) is 5.91 Å². The molecule has 0 saturated carbocycles. The van der Waals surface area contributed by atoms with Gasteiger partial charge in [-0.25, -0.2) is 4.98 Å². The van der Waals surface area contributed by atoms with Crippen molar-refractivity contribution in [3.8, 4) is 10.6 Å². The number of nitrogens with one attached hydrogen (secondary N) is 1. The van der Waals surface area contributed by atoms with Crippen molar-refractivity contribution in [3.63, 3.8) is 0 Å². The van der Waals surface area contributed by atoms with Crippen molar-refractivity contribution in [2.75, 3.05) is 25.0 Å². The Morgan fingerprint density at radius 2 is 1.76 bits per heavy atom. The smallest absolute Gasteiger partial charge is 0.263 e. The summed E-state index contributed by atoms with van der Waals surface area (Å²) in [6, 6.07) is 20.2. The maximum atomic E-state index is 12.2. The van der Waals surface area contributed by atoms with Crippen LogP contribution in [0.15, 0.2) is 66.9 Å². The van der Waals surface area contributed by atoms with Crippen molar-refractivity contribution >= 4 is 22.9 Å². The van der Waals surface area contributed by atoms with Gasteiger partial charge in [0.25, 0.3) is 5.91 Å². The molecule has 0 spiro atoms. The summed E-state index contributed by atoms with van der Waals surface area (Å²) < 4.78 is 0. The lowest BCUT2D eigenvalue weighted by Gasteiger charge is -2.19. The van der Waals surface area contributed by atoms with Crippen LogP contribution in [-0.4, -0.2) is 31.0 Å². The molecule has 1 N–H and O–H groups in total. The van der Waals surface area contributed by atoms with Crippen molar-refractivity contribution in [1.29, 1.82) is 0 Å². The normalized spacial score (nSPS) is 10.4. The van der Waals surface area contributed by atoms with Crippen LogP contribution in [0.5, 0.6) is 0 Å². The summed E-state index contributed by atoms with van der Waals surface area (Å²) in [6.45, 7) is 1.54. The monoisotopic (exact) mass is 351 g/mol. The first-order valence-electron chi connectivity index (χ1n) is 8.29. The molecule has 1 aromatic heterocycles. The van der Waals surface area contributed by atoms with Crippen molar-refractivity contribution in [3.05, 3.63) is 71.7 Å². The van der Waals surface area contributed by atoms with E-state index in [0.29, 0.717) is 11.4 Å². The maximum absolute atomic E-state index is 12.2. The summed E-state index contributed by atoms with van der Waals surface area (Å²) in [6.07, 6.45) is 2.54. The average Bonchev–Trinajstić information content (AvgIpc) is 3.16. The topological polar surface area (TPSA) is 45.2 Å². The molecule has 3 aromatic rings. The van der Waals surface area contributed by atoms with Crippen molar-refractivity contribution in [2.24, 2.45) is 0 Å². The van der Waals surface area contributed by atoms with E-state index in [2.05, 4.69) is 34.4 Å². The molecule has 5 heteroatoms. The van der Waals surface area contributed by atoms with Gasteiger partial charge in [0, 0.05) is 31.4 Å². The van der Waals surface area contributed by atoms with Crippen LogP contribution >= 0.6 is 11.3 Å². The van der Waals surface area contributed by atoms with E-state index in [4.69, 9.17) is 0 Å². The van der Waals surface area contributed by atoms with Crippen LogP contribution in [0, 0.1) is 0 Å². The molecule has 0 aliphatic carbocycles. The van der Waals surface area contributed by atoms with E-state index in [1.165, 1.54) is 17.0 Å². The van der Waals surface area contributed by atoms with Crippen molar-refractivity contribution in [1.82, 2.24) is 10.3 Å². The Morgan fingerprint density at radius 3 is 2.48 bits per heavy atom. The highest BCUT2D eigenvalue weighted by Gasteiger charge is 2.11. The van der Waals surface area contributed by atoms with Gasteiger partial charge in [0.1, 0.15) is 9.88 Å². The van der Waals surface area contributed by atoms with Crippen LogP contribution in [0.2, 0.25) is 0 Å². The Balaban J connectivity index is 1.46. The summed E-state index contributed by atoms with van der Waals surface area (Å²) in [5.41, 5.74) is 2.22. The van der Waals surface area contributed by atoms with E-state index in [9.17, 15) is 4.79 Å². The number of anilines is 1. The van der Waals surface area contributed by atoms with Gasteiger partial charge in [-0.1, -0.05) is 48.5 Å². The van der Waals surface area contributed by atoms with Crippen molar-refractivity contribution < 1.29 is 4.79 Å². The minimum atomic E-state index is -0.0537. The van der Waals surface area contributed by atoms with Gasteiger partial charge < -0.3 is 10.2 Å². The number of para-hydroxylation sites is 1. The molecule has 128 valence electrons. The summed E-state index contributed by atoms with van der Waals surface area (Å²) in [4.78, 5) is 19.4. The van der Waals surface area contributed by atoms with Gasteiger partial charge in [-0.05, 0) is 18.6 Å². The molecule has 1 heterocycles. The zero-order valence-corrected chi connectivity index (χ0v) is 15.0. The fraction of sp³-hybridized carbons (Fsp3) is 0.200. The average molecular weight is 351 g/mol. The molecule has 0 aliphatic rings. The van der Waals surface area contributed by atoms with Crippen molar-refractivity contribution in [2.45, 2.75) is 6.42 Å². The first-order chi connectivity index (χ1) is 12.2. The SMILES string of the molecule is CN(CCCNC(=O)c1cnc(-c2ccccc2)s1)c1ccccc1. The number of hydrogen-bond acceptors (Lipinski definition) is 4. The van der Waals surface area contributed by atoms with Gasteiger partial charge in [-0.2, -0.15) is 0 Å². The fourth-order valence-electron chi connectivity index (χ4n) is 2.51. The Morgan fingerprint density at radius 1 is 1.08 bits per heavy atom. The predicted molar refractivity (Wildman–Crippen MR) is 104 cm³/mol. The molecule has 4 nitrogen and oxygen atoms in total. The molecule has 0 saturated heterocycles. The number of benzene rings is 2. The Kier molecular flexibility index (Phi) is 5.80. The van der Waals surface area contributed by atoms with E-state index in [1.807, 2.05) is 48.5 Å². The summed E-state index contributed by atoms with van der Waals surface area (Å²) in [5.74, 6) is -0.0537. The molecule has 1 amide bonds. The van der Waals surface area contributed by atoms with Gasteiger partial charge in [-0.15, -0.1) is 11.3 Å². The molecule has 25 heavy (non-hydrogen) atoms. The van der Waals surface area contributed by atoms with Gasteiger partial charge in [0.2, 0.25) is 0 Å². The molecular weight excluding hydrogens is 330 g/mol. The number of carbonyl (C=O) groups excluding carboxylic acids is 1. The number of rotatable bonds is 7. The molecule has 3 rings (SSSR count). The van der Waals surface area contributed by atoms with Gasteiger partial charge in [-0.3, -0.25) is 4.79 Å². The summed E-state index contributed by atoms with van der Waals surface area (Å²) >= 11 is 1.42. The first kappa shape index (κ1) is 17.2. The number of hydrogen-bond donors (Lipinski definition) is 1. The Hall–Kier alpha value is -2.66. The lowest BCUT2D eigenvalue weighted by atomic mass is 10.2. The number of carbonyl (C=O) groups is 1. The summed E-state index contributed by atoms with van der Waals surface area (Å²) in [7, 11) is 2.06. The highest BCUT2D eigenvalue weighted by molar-refractivity contribution is 7.16. The molecule has 0 atom stereocenters. The quantitative estimate of drug-likeness (QED) is 0.653. The molecule has 0 unspecified atom stereocenters. The summed E-state index contributed by atoms with van der Waals surface area (Å²) in [5, 5.41) is 3.85. The van der Waals surface area contributed by atoms with Gasteiger partial charge in [0.05, 0.1) is 6.20 Å². The highest BCUT2D eigenvalue weighted by Crippen LogP contribution is 2.24. The lowest BCUT2D eigenvalue weighted by molar-refractivity contribution is 0.0957. The lowest BCUT2D eigenvalue weighted by Crippen LogP contribution is -2.27. The van der Waals surface area contributed by atoms with Crippen LogP contribution < -0.4 is 10.2 Å². The van der Waals surface area contributed by atoms with Crippen LogP contribution in [0.1, 0.15) is 16.1 Å². The third-order valence-corrected chi connectivity index (χ3v) is 4.95. The molecule has 0 aliphatic heterocycles. The highest BCUT2D eigenvalue weighted by atomic mass is 32.1. The van der Waals surface area contributed by atoms with E-state index < -0.39 is 0 Å². The molecule has 2 aromatic carbocycles. The minimum absolute atomic E-state index is 0.0537. The van der Waals surface area contributed by atoms with E-state index in [0.717, 1.165) is 23.5 Å². The third kappa shape index (κ3) is 4.67. The largest absolute Gasteiger partial charge is 0.375 e. The van der Waals surface area contributed by atoms with Crippen LogP contribution in [0.25, 0.3) is 10.6 Å². The molecular formula is C20H21N3OS. The van der Waals surface area contributed by atoms with E-state index in [1.54, 1.807) is 6.20 Å². The maximum Gasteiger partial charge on any atom is 0.263 e. The number of amides is 1. The number of nitrogens with zero attached hydrogens (tertiary/aromatic N) is 2. The zero-order chi connectivity index (χ0) is 17.5. The zero-order valence-electron chi connectivity index (χ0n) is 14.2. The fourth-order valence-corrected chi connectivity index (χ4v) is 3.35. The Labute approximate surface area is 152 Å². The van der Waals surface area contributed by atoms with Crippen LogP contribution in [0.4, 0.5) is 5.69 Å². The minimum Gasteiger partial charge on any atom is -0.375 e. The van der Waals surface area contributed by atoms with Gasteiger partial charge >= 0.3 is 0 Å². The van der Waals surface area contributed by atoms with E-state index >= 15 is 0 Å². The van der Waals surface area contributed by atoms with Gasteiger partial charge in [0.15, 0.2) is 0 Å². The first-order valence-corrected chi connectivity index (χ1v) is 9.11. The second kappa shape index (κ2) is 8.44. The second-order valence-electron chi connectivity index (χ2n) is 5.76. The van der Waals surface area contributed by atoms with Crippen LogP contribution in [-0.2, 0) is 0 Å². The Bertz CT molecular complexity index is 802. The standard InChI is InChI=1S/C20H21N3OS/c1-23(17-11-6-3-7-12-17)14-8-13-21-19(24)18-15-22-20(25-18)16-9-4-2-5-10-16/h2-7,9-12,15H,8,13-14H2,1H3,(H,21,24). The molecule has 0 bridgehead atoms. The number of thiazole rings is 1.